The van der Waals surface area contributed by atoms with E-state index in [-0.39, 0.29) is 0 Å². The van der Waals surface area contributed by atoms with Gasteiger partial charge in [-0.3, -0.25) is 0 Å². The molecule has 0 unspecified atom stereocenters. The number of hydrogen-bond donors (Lipinski definition) is 0. The van der Waals surface area contributed by atoms with Crippen LogP contribution in [-0.2, 0) is 0 Å². The molecule has 0 aliphatic heterocycles. The summed E-state index contributed by atoms with van der Waals surface area (Å²) in [7, 11) is 0. The molecule has 7 heteroatoms. The van der Waals surface area contributed by atoms with E-state index in [0.29, 0.717) is 29.1 Å². The topological polar surface area (TPSA) is 81.3 Å². The van der Waals surface area contributed by atoms with Crippen molar-refractivity contribution in [2.24, 2.45) is 0 Å². The summed E-state index contributed by atoms with van der Waals surface area (Å²) in [6, 6.07) is 31.4. The molecule has 0 atom stereocenters. The molecule has 0 aliphatic carbocycles. The van der Waals surface area contributed by atoms with Crippen LogP contribution in [0.1, 0.15) is 0 Å². The second-order valence-electron chi connectivity index (χ2n) is 7.80. The number of benzene rings is 4. The van der Waals surface area contributed by atoms with Crippen molar-refractivity contribution in [2.75, 3.05) is 4.90 Å². The number of oxazole rings is 3. The second-order valence-corrected chi connectivity index (χ2v) is 7.80. The molecule has 4 aromatic carbocycles. The van der Waals surface area contributed by atoms with Crippen LogP contribution in [0.3, 0.4) is 0 Å². The number of rotatable bonds is 4. The summed E-state index contributed by atoms with van der Waals surface area (Å²) < 4.78 is 18.1. The lowest BCUT2D eigenvalue weighted by molar-refractivity contribution is 0.566. The van der Waals surface area contributed by atoms with Gasteiger partial charge in [0.15, 0.2) is 16.7 Å². The van der Waals surface area contributed by atoms with Crippen LogP contribution in [-0.4, -0.2) is 15.0 Å². The maximum atomic E-state index is 6.07. The summed E-state index contributed by atoms with van der Waals surface area (Å²) in [6.07, 6.45) is 0. The normalized spacial score (nSPS) is 11.5. The summed E-state index contributed by atoms with van der Waals surface area (Å²) in [4.78, 5) is 15.7. The molecule has 7 rings (SSSR count). The minimum Gasteiger partial charge on any atom is -0.436 e. The molecular formula is C27H16N4O3. The Labute approximate surface area is 192 Å². The number of para-hydroxylation sites is 6. The van der Waals surface area contributed by atoms with Gasteiger partial charge in [0.1, 0.15) is 16.6 Å². The maximum Gasteiger partial charge on any atom is 0.311 e. The van der Waals surface area contributed by atoms with Gasteiger partial charge in [0.2, 0.25) is 5.89 Å². The average molecular weight is 444 g/mol. The van der Waals surface area contributed by atoms with Crippen molar-refractivity contribution in [3.8, 4) is 11.5 Å². The van der Waals surface area contributed by atoms with Crippen LogP contribution in [0.25, 0.3) is 44.8 Å². The van der Waals surface area contributed by atoms with E-state index in [4.69, 9.17) is 13.3 Å². The number of anilines is 3. The first-order valence-electron chi connectivity index (χ1n) is 10.8. The fourth-order valence-corrected chi connectivity index (χ4v) is 3.96. The van der Waals surface area contributed by atoms with E-state index in [0.717, 1.165) is 33.4 Å². The van der Waals surface area contributed by atoms with Crippen LogP contribution in [0, 0.1) is 0 Å². The Bertz CT molecular complexity index is 1610. The molecular weight excluding hydrogens is 428 g/mol. The molecule has 0 bridgehead atoms. The molecule has 34 heavy (non-hydrogen) atoms. The van der Waals surface area contributed by atoms with Gasteiger partial charge in [-0.1, -0.05) is 36.4 Å². The first kappa shape index (κ1) is 18.6. The van der Waals surface area contributed by atoms with Gasteiger partial charge in [-0.2, -0.15) is 9.97 Å². The molecule has 0 N–H and O–H groups in total. The molecule has 0 saturated carbocycles. The quantitative estimate of drug-likeness (QED) is 0.283. The molecule has 0 radical (unpaired) electrons. The summed E-state index contributed by atoms with van der Waals surface area (Å²) in [6.45, 7) is 0. The van der Waals surface area contributed by atoms with Gasteiger partial charge in [0, 0.05) is 5.56 Å². The lowest BCUT2D eigenvalue weighted by Gasteiger charge is -2.16. The van der Waals surface area contributed by atoms with Crippen molar-refractivity contribution in [2.45, 2.75) is 0 Å². The third-order valence-electron chi connectivity index (χ3n) is 5.61. The number of fused-ring (bicyclic) bond motifs is 3. The number of nitrogens with zero attached hydrogens (tertiary/aromatic N) is 4. The van der Waals surface area contributed by atoms with Crippen LogP contribution < -0.4 is 4.90 Å². The number of hydrogen-bond acceptors (Lipinski definition) is 7. The maximum absolute atomic E-state index is 6.07. The highest BCUT2D eigenvalue weighted by molar-refractivity contribution is 5.81. The van der Waals surface area contributed by atoms with Gasteiger partial charge in [0.05, 0.1) is 5.69 Å². The van der Waals surface area contributed by atoms with Gasteiger partial charge in [-0.05, 0) is 60.7 Å². The van der Waals surface area contributed by atoms with Crippen LogP contribution in [0.2, 0.25) is 0 Å². The fourth-order valence-electron chi connectivity index (χ4n) is 3.96. The average Bonchev–Trinajstić information content (AvgIpc) is 3.60. The van der Waals surface area contributed by atoms with Gasteiger partial charge < -0.3 is 13.3 Å². The monoisotopic (exact) mass is 444 g/mol. The summed E-state index contributed by atoms with van der Waals surface area (Å²) in [5, 5.41) is 0. The molecule has 0 fully saturated rings. The highest BCUT2D eigenvalue weighted by atomic mass is 16.4. The molecule has 3 heterocycles. The Morgan fingerprint density at radius 1 is 0.471 bits per heavy atom. The first-order chi connectivity index (χ1) is 16.8. The van der Waals surface area contributed by atoms with E-state index >= 15 is 0 Å². The minimum absolute atomic E-state index is 0.363. The van der Waals surface area contributed by atoms with Gasteiger partial charge in [-0.25, -0.2) is 9.88 Å². The highest BCUT2D eigenvalue weighted by Gasteiger charge is 2.24. The second kappa shape index (κ2) is 7.31. The van der Waals surface area contributed by atoms with Gasteiger partial charge in [0.25, 0.3) is 0 Å². The lowest BCUT2D eigenvalue weighted by Crippen LogP contribution is -2.10. The largest absolute Gasteiger partial charge is 0.436 e. The van der Waals surface area contributed by atoms with Crippen LogP contribution in [0.5, 0.6) is 0 Å². The van der Waals surface area contributed by atoms with Crippen molar-refractivity contribution in [3.63, 3.8) is 0 Å². The van der Waals surface area contributed by atoms with E-state index in [9.17, 15) is 0 Å². The van der Waals surface area contributed by atoms with Gasteiger partial charge >= 0.3 is 12.0 Å². The van der Waals surface area contributed by atoms with Crippen molar-refractivity contribution in [3.05, 3.63) is 97.1 Å². The molecule has 7 nitrogen and oxygen atoms in total. The van der Waals surface area contributed by atoms with E-state index in [2.05, 4.69) is 15.0 Å². The predicted octanol–water partition coefficient (Wildman–Crippen LogP) is 7.25. The smallest absolute Gasteiger partial charge is 0.311 e. The van der Waals surface area contributed by atoms with Crippen LogP contribution in [0.15, 0.2) is 110 Å². The summed E-state index contributed by atoms with van der Waals surface area (Å²) >= 11 is 0. The third-order valence-corrected chi connectivity index (χ3v) is 5.61. The molecule has 0 aliphatic rings. The first-order valence-corrected chi connectivity index (χ1v) is 10.8. The zero-order valence-electron chi connectivity index (χ0n) is 17.8. The Balaban J connectivity index is 1.35. The molecule has 7 aromatic rings. The van der Waals surface area contributed by atoms with Crippen molar-refractivity contribution in [1.82, 2.24) is 15.0 Å². The van der Waals surface area contributed by atoms with E-state index in [1.165, 1.54) is 0 Å². The van der Waals surface area contributed by atoms with Crippen LogP contribution in [0.4, 0.5) is 17.7 Å². The Morgan fingerprint density at radius 2 is 0.941 bits per heavy atom. The fraction of sp³-hybridized carbons (Fsp3) is 0. The molecule has 3 aromatic heterocycles. The zero-order valence-corrected chi connectivity index (χ0v) is 17.8. The molecule has 162 valence electrons. The van der Waals surface area contributed by atoms with Crippen molar-refractivity contribution < 1.29 is 13.3 Å². The predicted molar refractivity (Wildman–Crippen MR) is 129 cm³/mol. The zero-order chi connectivity index (χ0) is 22.5. The van der Waals surface area contributed by atoms with E-state index < -0.39 is 0 Å². The lowest BCUT2D eigenvalue weighted by atomic mass is 10.2. The van der Waals surface area contributed by atoms with E-state index in [1.54, 1.807) is 4.90 Å². The standard InChI is InChI=1S/C27H16N4O3/c1-4-10-22-19(7-1)28-25(32-22)17-13-15-18(16-14-17)31(26-29-20-8-2-5-11-23(20)33-26)27-30-21-9-3-6-12-24(21)34-27/h1-16H. The molecule has 0 amide bonds. The van der Waals surface area contributed by atoms with Crippen molar-refractivity contribution in [1.29, 1.82) is 0 Å². The third kappa shape index (κ3) is 3.02. The summed E-state index contributed by atoms with van der Waals surface area (Å²) in [5.41, 5.74) is 6.07. The van der Waals surface area contributed by atoms with Crippen molar-refractivity contribution >= 4 is 51.0 Å². The SMILES string of the molecule is c1ccc2oc(-c3ccc(N(c4nc5ccccc5o4)c4nc5ccccc5o4)cc3)nc2c1. The Morgan fingerprint density at radius 3 is 1.44 bits per heavy atom. The van der Waals surface area contributed by atoms with Gasteiger partial charge in [-0.15, -0.1) is 0 Å². The van der Waals surface area contributed by atoms with Crippen LogP contribution >= 0.6 is 0 Å². The number of aromatic nitrogens is 3. The highest BCUT2D eigenvalue weighted by Crippen LogP contribution is 2.37. The Hall–Kier alpha value is -4.91. The molecule has 0 spiro atoms. The summed E-state index contributed by atoms with van der Waals surface area (Å²) in [5.74, 6) is 0.558. The molecule has 0 saturated heterocycles. The minimum atomic E-state index is 0.363. The van der Waals surface area contributed by atoms with E-state index in [1.807, 2.05) is 97.1 Å². The Kier molecular flexibility index (Phi) is 4.01.